The van der Waals surface area contributed by atoms with Crippen LogP contribution in [0.4, 0.5) is 11.4 Å². The molecule has 5 nitrogen and oxygen atoms in total. The van der Waals surface area contributed by atoms with E-state index in [0.717, 1.165) is 11.3 Å². The smallest absolute Gasteiger partial charge is 0.255 e. The summed E-state index contributed by atoms with van der Waals surface area (Å²) in [4.78, 5) is 25.0. The van der Waals surface area contributed by atoms with E-state index >= 15 is 0 Å². The molecular weight excluding hydrogens is 400 g/mol. The van der Waals surface area contributed by atoms with Crippen molar-refractivity contribution in [3.05, 3.63) is 126 Å². The number of hydrogen-bond acceptors (Lipinski definition) is 3. The molecule has 0 radical (unpaired) electrons. The fraction of sp³-hybridized carbons (Fsp3) is 0.0370. The standard InChI is InChI=1S/C27H22N2O3/c30-26(21-10-5-2-6-11-21)29-24-13-7-12-22(18-24)27(31)28-23-14-16-25(17-15-23)32-19-20-8-3-1-4-9-20/h1-18H,19H2,(H,28,31)(H,29,30). The summed E-state index contributed by atoms with van der Waals surface area (Å²) in [6.45, 7) is 0.480. The molecule has 0 saturated heterocycles. The van der Waals surface area contributed by atoms with E-state index in [0.29, 0.717) is 29.1 Å². The van der Waals surface area contributed by atoms with Crippen LogP contribution in [0.15, 0.2) is 109 Å². The van der Waals surface area contributed by atoms with E-state index in [1.165, 1.54) is 0 Å². The highest BCUT2D eigenvalue weighted by Gasteiger charge is 2.10. The molecule has 0 spiro atoms. The summed E-state index contributed by atoms with van der Waals surface area (Å²) in [5.41, 5.74) is 3.29. The normalized spacial score (nSPS) is 10.2. The molecule has 4 aromatic carbocycles. The first-order valence-electron chi connectivity index (χ1n) is 10.2. The largest absolute Gasteiger partial charge is 0.489 e. The number of ether oxygens (including phenoxy) is 1. The monoisotopic (exact) mass is 422 g/mol. The second kappa shape index (κ2) is 10.1. The molecule has 0 aliphatic rings. The van der Waals surface area contributed by atoms with Gasteiger partial charge in [0.15, 0.2) is 0 Å². The third-order valence-corrected chi connectivity index (χ3v) is 4.78. The number of amides is 2. The third kappa shape index (κ3) is 5.61. The van der Waals surface area contributed by atoms with Crippen molar-refractivity contribution in [3.8, 4) is 5.75 Å². The van der Waals surface area contributed by atoms with Crippen LogP contribution in [0.3, 0.4) is 0 Å². The Morgan fingerprint density at radius 1 is 0.594 bits per heavy atom. The predicted octanol–water partition coefficient (Wildman–Crippen LogP) is 5.77. The Morgan fingerprint density at radius 3 is 1.91 bits per heavy atom. The second-order valence-electron chi connectivity index (χ2n) is 7.15. The Hall–Kier alpha value is -4.38. The van der Waals surface area contributed by atoms with Gasteiger partial charge in [-0.2, -0.15) is 0 Å². The minimum atomic E-state index is -0.265. The Kier molecular flexibility index (Phi) is 6.58. The van der Waals surface area contributed by atoms with Gasteiger partial charge in [0.1, 0.15) is 12.4 Å². The molecule has 2 amide bonds. The van der Waals surface area contributed by atoms with E-state index in [-0.39, 0.29) is 11.8 Å². The molecule has 0 heterocycles. The molecule has 0 saturated carbocycles. The Bertz CT molecular complexity index is 1190. The van der Waals surface area contributed by atoms with E-state index in [2.05, 4.69) is 10.6 Å². The van der Waals surface area contributed by atoms with Gasteiger partial charge in [-0.05, 0) is 60.2 Å². The van der Waals surface area contributed by atoms with Gasteiger partial charge in [0, 0.05) is 22.5 Å². The molecular formula is C27H22N2O3. The van der Waals surface area contributed by atoms with E-state index in [1.54, 1.807) is 60.7 Å². The van der Waals surface area contributed by atoms with Crippen LogP contribution in [-0.2, 0) is 6.61 Å². The van der Waals surface area contributed by atoms with Crippen LogP contribution < -0.4 is 15.4 Å². The first-order chi connectivity index (χ1) is 15.7. The topological polar surface area (TPSA) is 67.4 Å². The summed E-state index contributed by atoms with van der Waals surface area (Å²) >= 11 is 0. The lowest BCUT2D eigenvalue weighted by atomic mass is 10.1. The molecule has 0 aliphatic heterocycles. The van der Waals surface area contributed by atoms with Crippen LogP contribution in [-0.4, -0.2) is 11.8 Å². The van der Waals surface area contributed by atoms with Crippen LogP contribution in [0.2, 0.25) is 0 Å². The zero-order valence-electron chi connectivity index (χ0n) is 17.3. The van der Waals surface area contributed by atoms with Crippen LogP contribution >= 0.6 is 0 Å². The fourth-order valence-electron chi connectivity index (χ4n) is 3.11. The minimum Gasteiger partial charge on any atom is -0.489 e. The number of hydrogen-bond donors (Lipinski definition) is 2. The van der Waals surface area contributed by atoms with Gasteiger partial charge in [0.2, 0.25) is 0 Å². The first kappa shape index (κ1) is 20.9. The summed E-state index contributed by atoms with van der Waals surface area (Å²) in [7, 11) is 0. The number of carbonyl (C=O) groups excluding carboxylic acids is 2. The van der Waals surface area contributed by atoms with Crippen LogP contribution in [0.25, 0.3) is 0 Å². The molecule has 0 atom stereocenters. The summed E-state index contributed by atoms with van der Waals surface area (Å²) in [5.74, 6) is 0.227. The highest BCUT2D eigenvalue weighted by atomic mass is 16.5. The quantitative estimate of drug-likeness (QED) is 0.397. The van der Waals surface area contributed by atoms with Crippen molar-refractivity contribution in [2.24, 2.45) is 0 Å². The number of rotatable bonds is 7. The first-order valence-corrected chi connectivity index (χ1v) is 10.2. The van der Waals surface area contributed by atoms with Gasteiger partial charge in [-0.1, -0.05) is 54.6 Å². The van der Waals surface area contributed by atoms with Crippen molar-refractivity contribution in [2.75, 3.05) is 10.6 Å². The van der Waals surface area contributed by atoms with Crippen molar-refractivity contribution in [1.82, 2.24) is 0 Å². The summed E-state index contributed by atoms with van der Waals surface area (Å²) < 4.78 is 5.77. The van der Waals surface area contributed by atoms with E-state index < -0.39 is 0 Å². The predicted molar refractivity (Wildman–Crippen MR) is 126 cm³/mol. The average molecular weight is 422 g/mol. The zero-order chi connectivity index (χ0) is 22.2. The van der Waals surface area contributed by atoms with E-state index in [1.807, 2.05) is 48.5 Å². The van der Waals surface area contributed by atoms with Crippen molar-refractivity contribution >= 4 is 23.2 Å². The second-order valence-corrected chi connectivity index (χ2v) is 7.15. The van der Waals surface area contributed by atoms with Crippen molar-refractivity contribution in [3.63, 3.8) is 0 Å². The van der Waals surface area contributed by atoms with Gasteiger partial charge in [-0.3, -0.25) is 9.59 Å². The van der Waals surface area contributed by atoms with E-state index in [9.17, 15) is 9.59 Å². The Labute approximate surface area is 186 Å². The molecule has 158 valence electrons. The minimum absolute atomic E-state index is 0.228. The van der Waals surface area contributed by atoms with Crippen molar-refractivity contribution in [2.45, 2.75) is 6.61 Å². The van der Waals surface area contributed by atoms with Crippen molar-refractivity contribution in [1.29, 1.82) is 0 Å². The number of carbonyl (C=O) groups is 2. The number of nitrogens with one attached hydrogen (secondary N) is 2. The zero-order valence-corrected chi connectivity index (χ0v) is 17.3. The third-order valence-electron chi connectivity index (χ3n) is 4.78. The molecule has 0 fully saturated rings. The highest BCUT2D eigenvalue weighted by Crippen LogP contribution is 2.19. The van der Waals surface area contributed by atoms with Gasteiger partial charge in [-0.25, -0.2) is 0 Å². The molecule has 4 aromatic rings. The van der Waals surface area contributed by atoms with Crippen LogP contribution in [0, 0.1) is 0 Å². The van der Waals surface area contributed by atoms with E-state index in [4.69, 9.17) is 4.74 Å². The van der Waals surface area contributed by atoms with Gasteiger partial charge >= 0.3 is 0 Å². The fourth-order valence-corrected chi connectivity index (χ4v) is 3.11. The molecule has 4 rings (SSSR count). The summed E-state index contributed by atoms with van der Waals surface area (Å²) in [5, 5.41) is 5.68. The number of anilines is 2. The van der Waals surface area contributed by atoms with Crippen LogP contribution in [0.1, 0.15) is 26.3 Å². The van der Waals surface area contributed by atoms with Gasteiger partial charge in [0.25, 0.3) is 11.8 Å². The highest BCUT2D eigenvalue weighted by molar-refractivity contribution is 6.07. The molecule has 0 bridgehead atoms. The Morgan fingerprint density at radius 2 is 1.19 bits per heavy atom. The van der Waals surface area contributed by atoms with Crippen LogP contribution in [0.5, 0.6) is 5.75 Å². The van der Waals surface area contributed by atoms with Gasteiger partial charge in [0.05, 0.1) is 0 Å². The summed E-state index contributed by atoms with van der Waals surface area (Å²) in [6, 6.07) is 32.9. The molecule has 0 aromatic heterocycles. The summed E-state index contributed by atoms with van der Waals surface area (Å²) in [6.07, 6.45) is 0. The average Bonchev–Trinajstić information content (AvgIpc) is 2.85. The Balaban J connectivity index is 1.35. The number of benzene rings is 4. The molecule has 0 aliphatic carbocycles. The van der Waals surface area contributed by atoms with Gasteiger partial charge < -0.3 is 15.4 Å². The SMILES string of the molecule is O=C(Nc1cccc(C(=O)Nc2ccc(OCc3ccccc3)cc2)c1)c1ccccc1. The molecule has 32 heavy (non-hydrogen) atoms. The molecule has 0 unspecified atom stereocenters. The van der Waals surface area contributed by atoms with Gasteiger partial charge in [-0.15, -0.1) is 0 Å². The maximum atomic E-state index is 12.7. The lowest BCUT2D eigenvalue weighted by Gasteiger charge is -2.10. The van der Waals surface area contributed by atoms with Crippen molar-refractivity contribution < 1.29 is 14.3 Å². The molecule has 5 heteroatoms. The molecule has 2 N–H and O–H groups in total. The maximum absolute atomic E-state index is 12.7. The lowest BCUT2D eigenvalue weighted by Crippen LogP contribution is -2.14. The lowest BCUT2D eigenvalue weighted by molar-refractivity contribution is 0.101. The maximum Gasteiger partial charge on any atom is 0.255 e.